The highest BCUT2D eigenvalue weighted by Crippen LogP contribution is 2.20. The number of nitrogens with one attached hydrogen (secondary N) is 2. The summed E-state index contributed by atoms with van der Waals surface area (Å²) >= 11 is 1.81. The number of guanidine groups is 1. The van der Waals surface area contributed by atoms with Gasteiger partial charge in [-0.05, 0) is 32.6 Å². The van der Waals surface area contributed by atoms with Crippen LogP contribution in [0, 0.1) is 0 Å². The van der Waals surface area contributed by atoms with Gasteiger partial charge in [-0.3, -0.25) is 4.99 Å². The van der Waals surface area contributed by atoms with Crippen molar-refractivity contribution < 1.29 is 4.74 Å². The zero-order valence-corrected chi connectivity index (χ0v) is 16.7. The number of hydrogen-bond donors (Lipinski definition) is 2. The minimum Gasteiger partial charge on any atom is -0.378 e. The molecule has 1 aliphatic rings. The molecule has 0 atom stereocenters. The Kier molecular flexibility index (Phi) is 9.89. The van der Waals surface area contributed by atoms with Crippen LogP contribution in [0.5, 0.6) is 0 Å². The second kappa shape index (κ2) is 12.3. The fourth-order valence-corrected chi connectivity index (χ4v) is 3.86. The van der Waals surface area contributed by atoms with E-state index in [1.165, 1.54) is 42.0 Å². The number of aryl methyl sites for hydroxylation is 1. The SMILES string of the molecule is CCNC(=NCCCOC1CCCCC1)NCCc1ncc(CC)s1. The van der Waals surface area contributed by atoms with Crippen LogP contribution in [0.1, 0.15) is 62.3 Å². The van der Waals surface area contributed by atoms with Gasteiger partial charge in [0.2, 0.25) is 0 Å². The Morgan fingerprint density at radius 2 is 2.12 bits per heavy atom. The normalized spacial score (nSPS) is 16.2. The monoisotopic (exact) mass is 366 g/mol. The van der Waals surface area contributed by atoms with E-state index in [9.17, 15) is 0 Å². The largest absolute Gasteiger partial charge is 0.378 e. The smallest absolute Gasteiger partial charge is 0.191 e. The Hall–Kier alpha value is -1.14. The van der Waals surface area contributed by atoms with Crippen LogP contribution in [0.4, 0.5) is 0 Å². The highest BCUT2D eigenvalue weighted by atomic mass is 32.1. The average Bonchev–Trinajstić information content (AvgIpc) is 3.10. The summed E-state index contributed by atoms with van der Waals surface area (Å²) in [5.74, 6) is 0.896. The van der Waals surface area contributed by atoms with Gasteiger partial charge in [-0.2, -0.15) is 0 Å². The van der Waals surface area contributed by atoms with Gasteiger partial charge in [0, 0.05) is 43.7 Å². The Bertz CT molecular complexity index is 497. The van der Waals surface area contributed by atoms with E-state index in [0.29, 0.717) is 6.10 Å². The van der Waals surface area contributed by atoms with Gasteiger partial charge in [-0.1, -0.05) is 26.2 Å². The zero-order valence-electron chi connectivity index (χ0n) is 15.9. The van der Waals surface area contributed by atoms with Crippen LogP contribution in [0.25, 0.3) is 0 Å². The lowest BCUT2D eigenvalue weighted by molar-refractivity contribution is 0.0281. The number of aromatic nitrogens is 1. The number of hydrogen-bond acceptors (Lipinski definition) is 4. The summed E-state index contributed by atoms with van der Waals surface area (Å²) in [6.45, 7) is 7.63. The Morgan fingerprint density at radius 3 is 2.84 bits per heavy atom. The second-order valence-electron chi connectivity index (χ2n) is 6.50. The molecule has 0 spiro atoms. The predicted molar refractivity (Wildman–Crippen MR) is 107 cm³/mol. The summed E-state index contributed by atoms with van der Waals surface area (Å²) in [5, 5.41) is 7.90. The van der Waals surface area contributed by atoms with Crippen LogP contribution >= 0.6 is 11.3 Å². The number of rotatable bonds is 10. The van der Waals surface area contributed by atoms with Gasteiger partial charge in [0.15, 0.2) is 5.96 Å². The van der Waals surface area contributed by atoms with Crippen LogP contribution in [0.15, 0.2) is 11.2 Å². The number of nitrogens with zero attached hydrogens (tertiary/aromatic N) is 2. The van der Waals surface area contributed by atoms with Crippen molar-refractivity contribution in [1.29, 1.82) is 0 Å². The van der Waals surface area contributed by atoms with Crippen LogP contribution in [-0.2, 0) is 17.6 Å². The maximum Gasteiger partial charge on any atom is 0.191 e. The molecule has 1 aromatic heterocycles. The Labute approximate surface area is 156 Å². The summed E-state index contributed by atoms with van der Waals surface area (Å²) in [5.41, 5.74) is 0. The fourth-order valence-electron chi connectivity index (χ4n) is 2.99. The zero-order chi connectivity index (χ0) is 17.7. The van der Waals surface area contributed by atoms with Gasteiger partial charge in [-0.25, -0.2) is 4.98 Å². The van der Waals surface area contributed by atoms with E-state index in [4.69, 9.17) is 4.74 Å². The van der Waals surface area contributed by atoms with Crippen molar-refractivity contribution in [2.45, 2.75) is 71.3 Å². The Balaban J connectivity index is 1.61. The van der Waals surface area contributed by atoms with Crippen molar-refractivity contribution in [3.05, 3.63) is 16.1 Å². The first-order valence-electron chi connectivity index (χ1n) is 9.89. The molecule has 0 unspecified atom stereocenters. The third-order valence-electron chi connectivity index (χ3n) is 4.40. The quantitative estimate of drug-likeness (QED) is 0.378. The first-order chi connectivity index (χ1) is 12.3. The van der Waals surface area contributed by atoms with E-state index in [1.807, 2.05) is 17.5 Å². The molecule has 1 fully saturated rings. The molecule has 0 amide bonds. The highest BCUT2D eigenvalue weighted by molar-refractivity contribution is 7.11. The lowest BCUT2D eigenvalue weighted by atomic mass is 9.98. The molecule has 1 aliphatic carbocycles. The van der Waals surface area contributed by atoms with E-state index in [1.54, 1.807) is 0 Å². The molecule has 0 saturated heterocycles. The molecule has 1 aromatic rings. The maximum absolute atomic E-state index is 5.96. The van der Waals surface area contributed by atoms with Crippen molar-refractivity contribution in [2.75, 3.05) is 26.2 Å². The fraction of sp³-hybridized carbons (Fsp3) is 0.789. The van der Waals surface area contributed by atoms with Crippen LogP contribution in [-0.4, -0.2) is 43.3 Å². The summed E-state index contributed by atoms with van der Waals surface area (Å²) in [6, 6.07) is 0. The number of ether oxygens (including phenoxy) is 1. The molecule has 0 radical (unpaired) electrons. The lowest BCUT2D eigenvalue weighted by Crippen LogP contribution is -2.38. The summed E-state index contributed by atoms with van der Waals surface area (Å²) in [6.07, 6.45) is 12.0. The minimum absolute atomic E-state index is 0.496. The van der Waals surface area contributed by atoms with Gasteiger partial charge in [-0.15, -0.1) is 11.3 Å². The molecule has 25 heavy (non-hydrogen) atoms. The topological polar surface area (TPSA) is 58.5 Å². The van der Waals surface area contributed by atoms with Gasteiger partial charge in [0.1, 0.15) is 0 Å². The Morgan fingerprint density at radius 1 is 1.28 bits per heavy atom. The standard InChI is InChI=1S/C19H34N4OS/c1-3-17-15-23-18(25-17)11-13-22-19(20-4-2)21-12-8-14-24-16-9-6-5-7-10-16/h15-16H,3-14H2,1-2H3,(H2,20,21,22). The molecule has 2 rings (SSSR count). The number of thiazole rings is 1. The maximum atomic E-state index is 5.96. The molecule has 142 valence electrons. The average molecular weight is 367 g/mol. The summed E-state index contributed by atoms with van der Waals surface area (Å²) in [4.78, 5) is 10.5. The van der Waals surface area contributed by atoms with Crippen molar-refractivity contribution in [1.82, 2.24) is 15.6 Å². The van der Waals surface area contributed by atoms with Crippen LogP contribution in [0.3, 0.4) is 0 Å². The molecule has 6 heteroatoms. The lowest BCUT2D eigenvalue weighted by Gasteiger charge is -2.21. The molecule has 0 bridgehead atoms. The minimum atomic E-state index is 0.496. The first-order valence-corrected chi connectivity index (χ1v) is 10.7. The van der Waals surface area contributed by atoms with Crippen LogP contribution < -0.4 is 10.6 Å². The molecular formula is C19H34N4OS. The number of aliphatic imine (C=N–C) groups is 1. The van der Waals surface area contributed by atoms with Crippen molar-refractivity contribution >= 4 is 17.3 Å². The van der Waals surface area contributed by atoms with Gasteiger partial charge >= 0.3 is 0 Å². The van der Waals surface area contributed by atoms with E-state index in [2.05, 4.69) is 34.5 Å². The van der Waals surface area contributed by atoms with E-state index < -0.39 is 0 Å². The van der Waals surface area contributed by atoms with Crippen molar-refractivity contribution in [2.24, 2.45) is 4.99 Å². The third kappa shape index (κ3) is 8.19. The van der Waals surface area contributed by atoms with E-state index in [-0.39, 0.29) is 0 Å². The molecule has 2 N–H and O–H groups in total. The van der Waals surface area contributed by atoms with Gasteiger partial charge in [0.25, 0.3) is 0 Å². The molecular weight excluding hydrogens is 332 g/mol. The molecule has 0 aromatic carbocycles. The summed E-state index contributed by atoms with van der Waals surface area (Å²) < 4.78 is 5.96. The summed E-state index contributed by atoms with van der Waals surface area (Å²) in [7, 11) is 0. The van der Waals surface area contributed by atoms with E-state index >= 15 is 0 Å². The second-order valence-corrected chi connectivity index (χ2v) is 7.70. The predicted octanol–water partition coefficient (Wildman–Crippen LogP) is 3.54. The van der Waals surface area contributed by atoms with Gasteiger partial charge in [0.05, 0.1) is 11.1 Å². The van der Waals surface area contributed by atoms with Crippen molar-refractivity contribution in [3.63, 3.8) is 0 Å². The van der Waals surface area contributed by atoms with Crippen LogP contribution in [0.2, 0.25) is 0 Å². The first kappa shape index (κ1) is 20.2. The molecule has 0 aliphatic heterocycles. The van der Waals surface area contributed by atoms with Gasteiger partial charge < -0.3 is 15.4 Å². The van der Waals surface area contributed by atoms with Crippen molar-refractivity contribution in [3.8, 4) is 0 Å². The van der Waals surface area contributed by atoms with E-state index in [0.717, 1.165) is 51.5 Å². The molecule has 5 nitrogen and oxygen atoms in total. The molecule has 1 saturated carbocycles. The highest BCUT2D eigenvalue weighted by Gasteiger charge is 2.12. The third-order valence-corrected chi connectivity index (χ3v) is 5.60. The molecule has 1 heterocycles.